The third kappa shape index (κ3) is 3.27. The zero-order valence-electron chi connectivity index (χ0n) is 13.4. The number of aromatic nitrogens is 2. The van der Waals surface area contributed by atoms with E-state index in [1.165, 1.54) is 10.9 Å². The molecule has 0 atom stereocenters. The molecule has 1 amide bonds. The summed E-state index contributed by atoms with van der Waals surface area (Å²) < 4.78 is 1.52. The largest absolute Gasteiger partial charge is 0.343 e. The van der Waals surface area contributed by atoms with Crippen molar-refractivity contribution in [3.8, 4) is 0 Å². The van der Waals surface area contributed by atoms with Crippen molar-refractivity contribution in [1.82, 2.24) is 14.5 Å². The first-order valence-corrected chi connectivity index (χ1v) is 8.04. The van der Waals surface area contributed by atoms with Gasteiger partial charge in [-0.25, -0.2) is 4.98 Å². The first-order valence-electron chi connectivity index (χ1n) is 8.04. The first kappa shape index (κ1) is 15.7. The molecule has 0 saturated carbocycles. The highest BCUT2D eigenvalue weighted by Gasteiger charge is 2.20. The van der Waals surface area contributed by atoms with Crippen LogP contribution in [0.1, 0.15) is 24.8 Å². The fourth-order valence-electron chi connectivity index (χ4n) is 3.02. The van der Waals surface area contributed by atoms with Gasteiger partial charge < -0.3 is 10.6 Å². The van der Waals surface area contributed by atoms with E-state index < -0.39 is 0 Å². The molecule has 2 aromatic rings. The van der Waals surface area contributed by atoms with Gasteiger partial charge in [0.15, 0.2) is 0 Å². The summed E-state index contributed by atoms with van der Waals surface area (Å²) in [7, 11) is 0. The van der Waals surface area contributed by atoms with E-state index in [9.17, 15) is 9.59 Å². The van der Waals surface area contributed by atoms with Gasteiger partial charge in [-0.1, -0.05) is 12.1 Å². The fraction of sp³-hybridized carbons (Fsp3) is 0.471. The van der Waals surface area contributed by atoms with Crippen LogP contribution in [-0.2, 0) is 11.3 Å². The Hall–Kier alpha value is -2.21. The molecule has 0 unspecified atom stereocenters. The summed E-state index contributed by atoms with van der Waals surface area (Å²) in [6.45, 7) is 3.72. The average Bonchev–Trinajstić information content (AvgIpc) is 2.55. The number of likely N-dealkylation sites (tertiary alicyclic amines) is 1. The monoisotopic (exact) mass is 314 g/mol. The normalized spacial score (nSPS) is 16.0. The van der Waals surface area contributed by atoms with Crippen LogP contribution in [-0.4, -0.2) is 39.5 Å². The van der Waals surface area contributed by atoms with Gasteiger partial charge in [-0.2, -0.15) is 0 Å². The number of piperidine rings is 1. The second kappa shape index (κ2) is 6.50. The topological polar surface area (TPSA) is 81.2 Å². The van der Waals surface area contributed by atoms with Gasteiger partial charge in [-0.05, 0) is 31.4 Å². The number of carbonyl (C=O) groups is 1. The van der Waals surface area contributed by atoms with Crippen molar-refractivity contribution in [2.24, 2.45) is 5.73 Å². The highest BCUT2D eigenvalue weighted by molar-refractivity contribution is 5.80. The van der Waals surface area contributed by atoms with Crippen molar-refractivity contribution >= 4 is 16.8 Å². The van der Waals surface area contributed by atoms with Crippen LogP contribution in [0.15, 0.2) is 29.3 Å². The number of fused-ring (bicyclic) bond motifs is 1. The van der Waals surface area contributed by atoms with E-state index >= 15 is 0 Å². The van der Waals surface area contributed by atoms with E-state index in [-0.39, 0.29) is 17.5 Å². The number of para-hydroxylation sites is 1. The van der Waals surface area contributed by atoms with E-state index in [0.29, 0.717) is 31.4 Å². The Bertz CT molecular complexity index is 776. The van der Waals surface area contributed by atoms with E-state index in [0.717, 1.165) is 23.9 Å². The summed E-state index contributed by atoms with van der Waals surface area (Å²) in [5.41, 5.74) is 7.47. The highest BCUT2D eigenvalue weighted by Crippen LogP contribution is 2.12. The Labute approximate surface area is 134 Å². The maximum atomic E-state index is 12.5. The van der Waals surface area contributed by atoms with Crippen LogP contribution in [0.4, 0.5) is 0 Å². The van der Waals surface area contributed by atoms with Crippen molar-refractivity contribution < 1.29 is 4.79 Å². The zero-order valence-corrected chi connectivity index (χ0v) is 13.4. The third-order valence-electron chi connectivity index (χ3n) is 4.51. The smallest absolute Gasteiger partial charge is 0.261 e. The van der Waals surface area contributed by atoms with Crippen LogP contribution in [0.2, 0.25) is 0 Å². The molecule has 2 N–H and O–H groups in total. The van der Waals surface area contributed by atoms with Gasteiger partial charge in [0.2, 0.25) is 5.91 Å². The Balaban J connectivity index is 1.71. The molecule has 23 heavy (non-hydrogen) atoms. The number of amides is 1. The van der Waals surface area contributed by atoms with Gasteiger partial charge in [0, 0.05) is 32.1 Å². The number of hydrogen-bond acceptors (Lipinski definition) is 4. The molecule has 1 aromatic heterocycles. The van der Waals surface area contributed by atoms with Gasteiger partial charge in [-0.15, -0.1) is 0 Å². The molecule has 6 heteroatoms. The van der Waals surface area contributed by atoms with E-state index in [2.05, 4.69) is 4.98 Å². The van der Waals surface area contributed by atoms with Crippen molar-refractivity contribution in [2.75, 3.05) is 13.1 Å². The molecule has 1 aromatic carbocycles. The number of rotatable bonds is 3. The molecular formula is C17H22N4O2. The minimum atomic E-state index is -0.0906. The minimum Gasteiger partial charge on any atom is -0.343 e. The fourth-order valence-corrected chi connectivity index (χ4v) is 3.02. The van der Waals surface area contributed by atoms with E-state index in [1.54, 1.807) is 6.07 Å². The van der Waals surface area contributed by atoms with Gasteiger partial charge in [0.05, 0.1) is 17.2 Å². The standard InChI is InChI=1S/C17H22N4O2/c1-12-3-2-4-14-16(12)19-11-21(17(14)23)10-7-15(22)20-8-5-13(18)6-9-20/h2-4,11,13H,5-10,18H2,1H3. The van der Waals surface area contributed by atoms with Crippen molar-refractivity contribution in [3.63, 3.8) is 0 Å². The molecule has 1 aliphatic rings. The average molecular weight is 314 g/mol. The van der Waals surface area contributed by atoms with Crippen LogP contribution in [0.3, 0.4) is 0 Å². The maximum Gasteiger partial charge on any atom is 0.261 e. The second-order valence-electron chi connectivity index (χ2n) is 6.18. The molecule has 0 bridgehead atoms. The van der Waals surface area contributed by atoms with E-state index in [4.69, 9.17) is 5.73 Å². The SMILES string of the molecule is Cc1cccc2c(=O)n(CCC(=O)N3CCC(N)CC3)cnc12. The lowest BCUT2D eigenvalue weighted by molar-refractivity contribution is -0.132. The quantitative estimate of drug-likeness (QED) is 0.918. The van der Waals surface area contributed by atoms with Gasteiger partial charge in [0.1, 0.15) is 0 Å². The predicted octanol–water partition coefficient (Wildman–Crippen LogP) is 1.04. The number of aryl methyl sites for hydroxylation is 2. The van der Waals surface area contributed by atoms with Crippen LogP contribution in [0.5, 0.6) is 0 Å². The summed E-state index contributed by atoms with van der Waals surface area (Å²) in [5.74, 6) is 0.0770. The van der Waals surface area contributed by atoms with Crippen LogP contribution in [0, 0.1) is 6.92 Å². The molecule has 122 valence electrons. The van der Waals surface area contributed by atoms with Gasteiger partial charge in [-0.3, -0.25) is 14.2 Å². The summed E-state index contributed by atoms with van der Waals surface area (Å²) in [6.07, 6.45) is 3.55. The number of nitrogens with two attached hydrogens (primary N) is 1. The molecule has 6 nitrogen and oxygen atoms in total. The Morgan fingerprint density at radius 1 is 1.35 bits per heavy atom. The molecule has 1 saturated heterocycles. The lowest BCUT2D eigenvalue weighted by Gasteiger charge is -2.30. The molecular weight excluding hydrogens is 292 g/mol. The summed E-state index contributed by atoms with van der Waals surface area (Å²) in [5, 5.41) is 0.601. The van der Waals surface area contributed by atoms with Crippen molar-refractivity contribution in [1.29, 1.82) is 0 Å². The molecule has 0 aliphatic carbocycles. The lowest BCUT2D eigenvalue weighted by atomic mass is 10.1. The Morgan fingerprint density at radius 2 is 2.09 bits per heavy atom. The summed E-state index contributed by atoms with van der Waals surface area (Å²) in [6, 6.07) is 5.77. The molecule has 0 spiro atoms. The number of carbonyl (C=O) groups excluding carboxylic acids is 1. The van der Waals surface area contributed by atoms with Crippen LogP contribution in [0.25, 0.3) is 10.9 Å². The van der Waals surface area contributed by atoms with Crippen LogP contribution >= 0.6 is 0 Å². The maximum absolute atomic E-state index is 12.5. The van der Waals surface area contributed by atoms with Gasteiger partial charge in [0.25, 0.3) is 5.56 Å². The van der Waals surface area contributed by atoms with Crippen LogP contribution < -0.4 is 11.3 Å². The molecule has 0 radical (unpaired) electrons. The van der Waals surface area contributed by atoms with E-state index in [1.807, 2.05) is 24.0 Å². The zero-order chi connectivity index (χ0) is 16.4. The summed E-state index contributed by atoms with van der Waals surface area (Å²) in [4.78, 5) is 31.0. The Kier molecular flexibility index (Phi) is 4.43. The Morgan fingerprint density at radius 3 is 2.83 bits per heavy atom. The van der Waals surface area contributed by atoms with Crippen molar-refractivity contribution in [3.05, 3.63) is 40.4 Å². The number of benzene rings is 1. The molecule has 1 aliphatic heterocycles. The molecule has 2 heterocycles. The number of hydrogen-bond donors (Lipinski definition) is 1. The molecule has 3 rings (SSSR count). The van der Waals surface area contributed by atoms with Crippen molar-refractivity contribution in [2.45, 2.75) is 38.8 Å². The molecule has 1 fully saturated rings. The van der Waals surface area contributed by atoms with Gasteiger partial charge >= 0.3 is 0 Å². The first-order chi connectivity index (χ1) is 11.1. The lowest BCUT2D eigenvalue weighted by Crippen LogP contribution is -2.43. The predicted molar refractivity (Wildman–Crippen MR) is 89.1 cm³/mol. The summed E-state index contributed by atoms with van der Waals surface area (Å²) >= 11 is 0. The number of nitrogens with zero attached hydrogens (tertiary/aromatic N) is 3. The second-order valence-corrected chi connectivity index (χ2v) is 6.18. The highest BCUT2D eigenvalue weighted by atomic mass is 16.2. The minimum absolute atomic E-state index is 0.0770. The third-order valence-corrected chi connectivity index (χ3v) is 4.51.